The zero-order valence-corrected chi connectivity index (χ0v) is 17.6. The Morgan fingerprint density at radius 2 is 1.79 bits per heavy atom. The highest BCUT2D eigenvalue weighted by atomic mass is 32.2. The fourth-order valence-corrected chi connectivity index (χ4v) is 4.64. The fourth-order valence-electron chi connectivity index (χ4n) is 3.81. The molecule has 6 nitrogen and oxygen atoms in total. The quantitative estimate of drug-likeness (QED) is 0.461. The number of imidazole rings is 1. The minimum absolute atomic E-state index is 0.755. The number of anilines is 1. The van der Waals surface area contributed by atoms with Gasteiger partial charge in [-0.2, -0.15) is 0 Å². The lowest BCUT2D eigenvalue weighted by molar-refractivity contribution is 0.841. The van der Waals surface area contributed by atoms with Gasteiger partial charge in [0.1, 0.15) is 5.65 Å². The Bertz CT molecular complexity index is 1140. The van der Waals surface area contributed by atoms with Crippen LogP contribution in [0.2, 0.25) is 0 Å². The van der Waals surface area contributed by atoms with Crippen LogP contribution in [0.25, 0.3) is 11.3 Å². The first-order valence-corrected chi connectivity index (χ1v) is 11.0. The number of rotatable bonds is 5. The molecule has 1 aliphatic heterocycles. The number of nitrogens with zero attached hydrogens (tertiary/aromatic N) is 6. The average molecular weight is 405 g/mol. The molecule has 3 aromatic heterocycles. The lowest BCUT2D eigenvalue weighted by Gasteiger charge is -2.18. The van der Waals surface area contributed by atoms with Crippen molar-refractivity contribution in [3.63, 3.8) is 0 Å². The molecule has 1 aromatic carbocycles. The number of pyridine rings is 1. The molecule has 1 saturated heterocycles. The van der Waals surface area contributed by atoms with Gasteiger partial charge in [-0.05, 0) is 50.5 Å². The molecule has 0 N–H and O–H groups in total. The summed E-state index contributed by atoms with van der Waals surface area (Å²) < 4.78 is 4.28. The van der Waals surface area contributed by atoms with Crippen molar-refractivity contribution in [1.29, 1.82) is 0 Å². The summed E-state index contributed by atoms with van der Waals surface area (Å²) in [6.45, 7) is 6.29. The topological polar surface area (TPSA) is 51.3 Å². The van der Waals surface area contributed by atoms with Gasteiger partial charge in [0.25, 0.3) is 0 Å². The maximum atomic E-state index is 4.80. The first-order chi connectivity index (χ1) is 14.2. The predicted octanol–water partition coefficient (Wildman–Crippen LogP) is 4.42. The third kappa shape index (κ3) is 3.51. The summed E-state index contributed by atoms with van der Waals surface area (Å²) in [7, 11) is 0. The smallest absolute Gasteiger partial charge is 0.232 e. The second-order valence-electron chi connectivity index (χ2n) is 7.59. The van der Waals surface area contributed by atoms with E-state index < -0.39 is 0 Å². The second-order valence-corrected chi connectivity index (χ2v) is 8.53. The summed E-state index contributed by atoms with van der Waals surface area (Å²) in [5.41, 5.74) is 5.60. The summed E-state index contributed by atoms with van der Waals surface area (Å²) in [6.07, 6.45) is 6.57. The van der Waals surface area contributed by atoms with Crippen molar-refractivity contribution in [3.8, 4) is 5.69 Å². The van der Waals surface area contributed by atoms with E-state index in [1.165, 1.54) is 24.0 Å². The van der Waals surface area contributed by atoms with E-state index in [1.54, 1.807) is 11.8 Å². The van der Waals surface area contributed by atoms with Gasteiger partial charge in [-0.1, -0.05) is 35.5 Å². The molecular formula is C22H24N6S. The number of hydrogen-bond donors (Lipinski definition) is 0. The fraction of sp³-hybridized carbons (Fsp3) is 0.318. The Morgan fingerprint density at radius 1 is 1.00 bits per heavy atom. The number of fused-ring (bicyclic) bond motifs is 1. The third-order valence-electron chi connectivity index (χ3n) is 5.37. The number of hydrogen-bond acceptors (Lipinski definition) is 5. The minimum atomic E-state index is 0.755. The van der Waals surface area contributed by atoms with E-state index >= 15 is 0 Å². The van der Waals surface area contributed by atoms with E-state index in [0.29, 0.717) is 0 Å². The molecule has 148 valence electrons. The lowest BCUT2D eigenvalue weighted by atomic mass is 10.2. The molecule has 4 aromatic rings. The zero-order chi connectivity index (χ0) is 19.8. The molecule has 0 unspecified atom stereocenters. The highest BCUT2D eigenvalue weighted by Gasteiger charge is 2.22. The van der Waals surface area contributed by atoms with E-state index in [4.69, 9.17) is 4.98 Å². The van der Waals surface area contributed by atoms with Crippen molar-refractivity contribution >= 4 is 23.4 Å². The van der Waals surface area contributed by atoms with Crippen LogP contribution >= 0.6 is 11.8 Å². The molecular weight excluding hydrogens is 380 g/mol. The summed E-state index contributed by atoms with van der Waals surface area (Å²) in [6, 6.07) is 12.7. The maximum absolute atomic E-state index is 4.80. The molecule has 7 heteroatoms. The van der Waals surface area contributed by atoms with Crippen LogP contribution in [0.5, 0.6) is 0 Å². The molecule has 5 rings (SSSR count). The van der Waals surface area contributed by atoms with Crippen LogP contribution in [-0.4, -0.2) is 37.2 Å². The van der Waals surface area contributed by atoms with Crippen molar-refractivity contribution < 1.29 is 0 Å². The SMILES string of the molecule is Cc1ccc(-n2c(SCc3cn4cccc(C)c4n3)nnc2N2CCCC2)cc1. The van der Waals surface area contributed by atoms with Gasteiger partial charge in [-0.3, -0.25) is 4.57 Å². The van der Waals surface area contributed by atoms with Gasteiger partial charge in [0.05, 0.1) is 11.4 Å². The Labute approximate surface area is 174 Å². The van der Waals surface area contributed by atoms with Crippen molar-refractivity contribution in [2.75, 3.05) is 18.0 Å². The Hall–Kier alpha value is -2.80. The minimum Gasteiger partial charge on any atom is -0.341 e. The van der Waals surface area contributed by atoms with Crippen LogP contribution in [0.15, 0.2) is 53.9 Å². The molecule has 0 saturated carbocycles. The molecule has 0 spiro atoms. The summed E-state index contributed by atoms with van der Waals surface area (Å²) in [4.78, 5) is 7.14. The molecule has 0 atom stereocenters. The number of thioether (sulfide) groups is 1. The highest BCUT2D eigenvalue weighted by Crippen LogP contribution is 2.30. The van der Waals surface area contributed by atoms with Gasteiger partial charge < -0.3 is 9.30 Å². The monoisotopic (exact) mass is 404 g/mol. The van der Waals surface area contributed by atoms with Gasteiger partial charge in [-0.15, -0.1) is 10.2 Å². The molecule has 1 aliphatic rings. The first kappa shape index (κ1) is 18.2. The molecule has 0 bridgehead atoms. The number of benzene rings is 1. The Balaban J connectivity index is 1.47. The van der Waals surface area contributed by atoms with Crippen LogP contribution in [0, 0.1) is 13.8 Å². The summed E-state index contributed by atoms with van der Waals surface area (Å²) >= 11 is 1.69. The van der Waals surface area contributed by atoms with Gasteiger partial charge in [-0.25, -0.2) is 4.98 Å². The van der Waals surface area contributed by atoms with Gasteiger partial charge in [0.15, 0.2) is 5.16 Å². The molecule has 0 radical (unpaired) electrons. The Kier molecular flexibility index (Phi) is 4.75. The largest absolute Gasteiger partial charge is 0.341 e. The lowest BCUT2D eigenvalue weighted by Crippen LogP contribution is -2.22. The molecule has 4 heterocycles. The third-order valence-corrected chi connectivity index (χ3v) is 6.34. The first-order valence-electron chi connectivity index (χ1n) is 10.0. The van der Waals surface area contributed by atoms with Crippen molar-refractivity contribution in [2.45, 2.75) is 37.6 Å². The number of aryl methyl sites for hydroxylation is 2. The predicted molar refractivity (Wildman–Crippen MR) is 117 cm³/mol. The van der Waals surface area contributed by atoms with Crippen LogP contribution in [0.1, 0.15) is 29.7 Å². The van der Waals surface area contributed by atoms with Crippen molar-refractivity contribution in [2.24, 2.45) is 0 Å². The van der Waals surface area contributed by atoms with Crippen LogP contribution < -0.4 is 4.90 Å². The van der Waals surface area contributed by atoms with Gasteiger partial charge >= 0.3 is 0 Å². The van der Waals surface area contributed by atoms with E-state index in [-0.39, 0.29) is 0 Å². The van der Waals surface area contributed by atoms with E-state index in [1.807, 2.05) is 6.20 Å². The van der Waals surface area contributed by atoms with Gasteiger partial charge in [0, 0.05) is 31.2 Å². The molecule has 0 aliphatic carbocycles. The van der Waals surface area contributed by atoms with E-state index in [0.717, 1.165) is 47.0 Å². The highest BCUT2D eigenvalue weighted by molar-refractivity contribution is 7.98. The average Bonchev–Trinajstić information content (AvgIpc) is 3.46. The van der Waals surface area contributed by atoms with E-state index in [9.17, 15) is 0 Å². The summed E-state index contributed by atoms with van der Waals surface area (Å²) in [5, 5.41) is 10.0. The standard InChI is InChI=1S/C22H24N6S/c1-16-7-9-19(10-8-16)28-21(26-11-3-4-12-26)24-25-22(28)29-15-18-14-27-13-5-6-17(2)20(27)23-18/h5-10,13-14H,3-4,11-12,15H2,1-2H3. The van der Waals surface area contributed by atoms with Gasteiger partial charge in [0.2, 0.25) is 5.95 Å². The number of aromatic nitrogens is 5. The summed E-state index contributed by atoms with van der Waals surface area (Å²) in [5.74, 6) is 1.70. The van der Waals surface area contributed by atoms with Crippen LogP contribution in [0.4, 0.5) is 5.95 Å². The molecule has 29 heavy (non-hydrogen) atoms. The van der Waals surface area contributed by atoms with E-state index in [2.05, 4.69) is 80.5 Å². The zero-order valence-electron chi connectivity index (χ0n) is 16.7. The normalized spacial score (nSPS) is 14.2. The molecule has 1 fully saturated rings. The van der Waals surface area contributed by atoms with Crippen LogP contribution in [-0.2, 0) is 5.75 Å². The Morgan fingerprint density at radius 3 is 2.55 bits per heavy atom. The van der Waals surface area contributed by atoms with Crippen LogP contribution in [0.3, 0.4) is 0 Å². The maximum Gasteiger partial charge on any atom is 0.232 e. The van der Waals surface area contributed by atoms with Crippen molar-refractivity contribution in [1.82, 2.24) is 24.1 Å². The second kappa shape index (κ2) is 7.55. The van der Waals surface area contributed by atoms with Crippen molar-refractivity contribution in [3.05, 3.63) is 65.6 Å². The molecule has 0 amide bonds.